The lowest BCUT2D eigenvalue weighted by Gasteiger charge is -2.11. The first-order valence-corrected chi connectivity index (χ1v) is 9.40. The van der Waals surface area contributed by atoms with E-state index < -0.39 is 18.4 Å². The van der Waals surface area contributed by atoms with E-state index in [-0.39, 0.29) is 22.5 Å². The van der Waals surface area contributed by atoms with E-state index in [2.05, 4.69) is 15.0 Å². The summed E-state index contributed by atoms with van der Waals surface area (Å²) < 4.78 is 29.9. The molecule has 0 fully saturated rings. The number of aryl methyl sites for hydroxylation is 2. The van der Waals surface area contributed by atoms with Crippen molar-refractivity contribution in [2.24, 2.45) is 0 Å². The van der Waals surface area contributed by atoms with Gasteiger partial charge in [-0.1, -0.05) is 11.6 Å². The Morgan fingerprint density at radius 3 is 2.61 bits per heavy atom. The molecule has 0 spiro atoms. The minimum Gasteiger partial charge on any atom is -0.481 e. The third-order valence-corrected chi connectivity index (χ3v) is 4.57. The van der Waals surface area contributed by atoms with E-state index in [4.69, 9.17) is 30.6 Å². The molecule has 2 aromatic heterocycles. The lowest BCUT2D eigenvalue weighted by Crippen LogP contribution is -2.10. The van der Waals surface area contributed by atoms with Gasteiger partial charge >= 0.3 is 12.0 Å². The third-order valence-electron chi connectivity index (χ3n) is 4.28. The number of hydrogen-bond donors (Lipinski definition) is 1. The number of oxazole rings is 1. The summed E-state index contributed by atoms with van der Waals surface area (Å²) in [6.45, 7) is 3.17. The predicted octanol–water partition coefficient (Wildman–Crippen LogP) is 4.95. The van der Waals surface area contributed by atoms with Crippen LogP contribution in [0, 0.1) is 19.7 Å². The van der Waals surface area contributed by atoms with Gasteiger partial charge in [0.2, 0.25) is 5.89 Å². The summed E-state index contributed by atoms with van der Waals surface area (Å²) in [6.07, 6.45) is 1.44. The molecule has 8 nitrogen and oxygen atoms in total. The van der Waals surface area contributed by atoms with E-state index in [1.54, 1.807) is 26.0 Å². The SMILES string of the molecule is Cc1cc(-c2nc3cnc(Oc4ccc(F)c(Cl)c4)nc3o2)cc(C)c1OCC(=O)O. The number of aliphatic carboxylic acids is 1. The highest BCUT2D eigenvalue weighted by Gasteiger charge is 2.15. The van der Waals surface area contributed by atoms with Crippen LogP contribution in [0.5, 0.6) is 17.5 Å². The maximum Gasteiger partial charge on any atom is 0.341 e. The molecule has 0 saturated carbocycles. The second-order valence-corrected chi connectivity index (χ2v) is 7.07. The van der Waals surface area contributed by atoms with Crippen molar-refractivity contribution in [2.45, 2.75) is 13.8 Å². The van der Waals surface area contributed by atoms with Gasteiger partial charge < -0.3 is 19.0 Å². The van der Waals surface area contributed by atoms with Gasteiger partial charge in [-0.25, -0.2) is 19.2 Å². The van der Waals surface area contributed by atoms with Crippen LogP contribution in [0.2, 0.25) is 5.02 Å². The fraction of sp³-hybridized carbons (Fsp3) is 0.143. The summed E-state index contributed by atoms with van der Waals surface area (Å²) in [5, 5.41) is 8.73. The summed E-state index contributed by atoms with van der Waals surface area (Å²) in [5.41, 5.74) is 2.77. The zero-order chi connectivity index (χ0) is 22.1. The van der Waals surface area contributed by atoms with Gasteiger partial charge in [0, 0.05) is 11.6 Å². The molecule has 0 saturated heterocycles. The van der Waals surface area contributed by atoms with Crippen LogP contribution in [0.25, 0.3) is 22.7 Å². The molecular weight excluding hydrogens is 429 g/mol. The Kier molecular flexibility index (Phi) is 5.43. The van der Waals surface area contributed by atoms with Crippen LogP contribution in [-0.2, 0) is 4.79 Å². The number of hydrogen-bond acceptors (Lipinski definition) is 7. The Morgan fingerprint density at radius 2 is 1.94 bits per heavy atom. The van der Waals surface area contributed by atoms with Crippen molar-refractivity contribution in [3.8, 4) is 29.0 Å². The number of benzene rings is 2. The first kappa shape index (κ1) is 20.5. The monoisotopic (exact) mass is 443 g/mol. The number of carboxylic acid groups (broad SMARTS) is 1. The molecule has 0 aliphatic heterocycles. The number of aromatic nitrogens is 3. The lowest BCUT2D eigenvalue weighted by molar-refractivity contribution is -0.139. The Labute approximate surface area is 180 Å². The first-order chi connectivity index (χ1) is 14.8. The van der Waals surface area contributed by atoms with Gasteiger partial charge in [-0.3, -0.25) is 0 Å². The molecule has 2 heterocycles. The van der Waals surface area contributed by atoms with Crippen LogP contribution in [0.1, 0.15) is 11.1 Å². The number of halogens is 2. The molecule has 31 heavy (non-hydrogen) atoms. The molecule has 1 N–H and O–H groups in total. The van der Waals surface area contributed by atoms with E-state index in [1.807, 2.05) is 0 Å². The molecule has 0 unspecified atom stereocenters. The van der Waals surface area contributed by atoms with Crippen molar-refractivity contribution in [1.82, 2.24) is 15.0 Å². The zero-order valence-electron chi connectivity index (χ0n) is 16.3. The number of rotatable bonds is 6. The Morgan fingerprint density at radius 1 is 1.19 bits per heavy atom. The van der Waals surface area contributed by atoms with Crippen LogP contribution in [0.15, 0.2) is 40.9 Å². The number of nitrogens with zero attached hydrogens (tertiary/aromatic N) is 3. The molecule has 0 amide bonds. The highest BCUT2D eigenvalue weighted by molar-refractivity contribution is 6.30. The van der Waals surface area contributed by atoms with Gasteiger partial charge in [-0.05, 0) is 49.2 Å². The molecule has 2 aromatic carbocycles. The van der Waals surface area contributed by atoms with Gasteiger partial charge in [0.25, 0.3) is 5.71 Å². The second kappa shape index (κ2) is 8.19. The fourth-order valence-corrected chi connectivity index (χ4v) is 3.14. The number of ether oxygens (including phenoxy) is 2. The molecule has 4 rings (SSSR count). The van der Waals surface area contributed by atoms with Gasteiger partial charge in [0.15, 0.2) is 6.61 Å². The molecule has 0 aliphatic rings. The maximum atomic E-state index is 13.3. The van der Waals surface area contributed by atoms with Crippen molar-refractivity contribution in [3.05, 3.63) is 58.5 Å². The first-order valence-electron chi connectivity index (χ1n) is 9.03. The minimum atomic E-state index is -1.05. The van der Waals surface area contributed by atoms with Crippen molar-refractivity contribution in [1.29, 1.82) is 0 Å². The third kappa shape index (κ3) is 4.41. The van der Waals surface area contributed by atoms with Gasteiger partial charge in [-0.2, -0.15) is 4.98 Å². The summed E-state index contributed by atoms with van der Waals surface area (Å²) in [6, 6.07) is 7.44. The molecule has 10 heteroatoms. The number of carboxylic acids is 1. The summed E-state index contributed by atoms with van der Waals surface area (Å²) in [5.74, 6) is -0.539. The van der Waals surface area contributed by atoms with Crippen LogP contribution in [-0.4, -0.2) is 32.6 Å². The Balaban J connectivity index is 1.62. The van der Waals surface area contributed by atoms with E-state index in [0.717, 1.165) is 11.1 Å². The zero-order valence-corrected chi connectivity index (χ0v) is 17.1. The van der Waals surface area contributed by atoms with Crippen LogP contribution in [0.4, 0.5) is 4.39 Å². The van der Waals surface area contributed by atoms with Crippen LogP contribution in [0.3, 0.4) is 0 Å². The quantitative estimate of drug-likeness (QED) is 0.446. The highest BCUT2D eigenvalue weighted by Crippen LogP contribution is 2.32. The van der Waals surface area contributed by atoms with Crippen molar-refractivity contribution in [2.75, 3.05) is 6.61 Å². The standard InChI is InChI=1S/C21H15ClFN3O5/c1-10-5-12(6-11(2)18(10)29-9-17(27)28)19-25-16-8-24-21(26-20(16)31-19)30-13-3-4-15(23)14(22)7-13/h3-8H,9H2,1-2H3,(H,27,28). The molecule has 0 aliphatic carbocycles. The van der Waals surface area contributed by atoms with Crippen molar-refractivity contribution < 1.29 is 28.2 Å². The minimum absolute atomic E-state index is 0.0114. The molecule has 158 valence electrons. The fourth-order valence-electron chi connectivity index (χ4n) is 2.97. The highest BCUT2D eigenvalue weighted by atomic mass is 35.5. The summed E-state index contributed by atoms with van der Waals surface area (Å²) >= 11 is 5.76. The van der Waals surface area contributed by atoms with Crippen molar-refractivity contribution in [3.63, 3.8) is 0 Å². The smallest absolute Gasteiger partial charge is 0.341 e. The normalized spacial score (nSPS) is 11.0. The molecule has 0 atom stereocenters. The van der Waals surface area contributed by atoms with Gasteiger partial charge in [-0.15, -0.1) is 0 Å². The van der Waals surface area contributed by atoms with Crippen LogP contribution >= 0.6 is 11.6 Å². The topological polar surface area (TPSA) is 108 Å². The van der Waals surface area contributed by atoms with E-state index in [9.17, 15) is 9.18 Å². The Hall–Kier alpha value is -3.72. The van der Waals surface area contributed by atoms with Gasteiger partial charge in [0.05, 0.1) is 11.2 Å². The number of carbonyl (C=O) groups is 1. The van der Waals surface area contributed by atoms with E-state index >= 15 is 0 Å². The molecule has 4 aromatic rings. The number of fused-ring (bicyclic) bond motifs is 1. The molecule has 0 radical (unpaired) electrons. The largest absolute Gasteiger partial charge is 0.481 e. The van der Waals surface area contributed by atoms with Crippen LogP contribution < -0.4 is 9.47 Å². The summed E-state index contributed by atoms with van der Waals surface area (Å²) in [4.78, 5) is 23.4. The summed E-state index contributed by atoms with van der Waals surface area (Å²) in [7, 11) is 0. The molecular formula is C21H15ClFN3O5. The Bertz CT molecular complexity index is 1280. The average molecular weight is 444 g/mol. The van der Waals surface area contributed by atoms with E-state index in [1.165, 1.54) is 24.4 Å². The van der Waals surface area contributed by atoms with Gasteiger partial charge in [0.1, 0.15) is 22.8 Å². The average Bonchev–Trinajstić information content (AvgIpc) is 3.13. The predicted molar refractivity (Wildman–Crippen MR) is 109 cm³/mol. The van der Waals surface area contributed by atoms with Crippen molar-refractivity contribution >= 4 is 28.8 Å². The van der Waals surface area contributed by atoms with E-state index in [0.29, 0.717) is 22.7 Å². The lowest BCUT2D eigenvalue weighted by atomic mass is 10.1. The molecule has 0 bridgehead atoms. The second-order valence-electron chi connectivity index (χ2n) is 6.66. The maximum absolute atomic E-state index is 13.3.